The fourth-order valence-electron chi connectivity index (χ4n) is 6.62. The first-order valence-electron chi connectivity index (χ1n) is 21.1. The lowest BCUT2D eigenvalue weighted by Gasteiger charge is -2.32. The van der Waals surface area contributed by atoms with Gasteiger partial charge in [-0.1, -0.05) is 31.0 Å². The molecule has 19 nitrogen and oxygen atoms in total. The van der Waals surface area contributed by atoms with Crippen LogP contribution < -0.4 is 21.3 Å². The largest absolute Gasteiger partial charge is 0.480 e. The molecule has 2 heterocycles. The molecule has 0 bridgehead atoms. The number of pyridine rings is 1. The molecule has 2 aromatic rings. The topological polar surface area (TPSA) is 254 Å². The standard InChI is InChI=1S/C42H62BrN9O10/c43-35-14-11-33(26-46-35)27-48-42(62)34-12-9-32(10-13-34)25-47-37(54)8-4-6-16-44-36(53)7-3-1-2-5-15-45-38(55)28-49-17-19-50(29-39(56)57)21-23-52(31-41(60)61)24-22-51(20-18-49)30-40(58)59/h9-14,26H,1-8,15-25,27-31H2,(H,44,53)(H,45,55)(H,47,54)(H,48,62)(H,56,57)(H,58,59)(H,60,61). The maximum atomic E-state index is 12.9. The molecular formula is C42H62BrN9O10. The van der Waals surface area contributed by atoms with Gasteiger partial charge in [0.1, 0.15) is 4.60 Å². The van der Waals surface area contributed by atoms with E-state index in [1.165, 1.54) is 0 Å². The van der Waals surface area contributed by atoms with Crippen molar-refractivity contribution < 1.29 is 48.9 Å². The zero-order chi connectivity index (χ0) is 45.1. The van der Waals surface area contributed by atoms with Gasteiger partial charge in [0.15, 0.2) is 0 Å². The number of carbonyl (C=O) groups excluding carboxylic acids is 4. The summed E-state index contributed by atoms with van der Waals surface area (Å²) in [5, 5.41) is 39.7. The lowest BCUT2D eigenvalue weighted by molar-refractivity contribution is -0.140. The average molecular weight is 933 g/mol. The highest BCUT2D eigenvalue weighted by Gasteiger charge is 2.21. The van der Waals surface area contributed by atoms with Crippen LogP contribution in [0.3, 0.4) is 0 Å². The summed E-state index contributed by atoms with van der Waals surface area (Å²) >= 11 is 3.29. The first-order chi connectivity index (χ1) is 29.7. The van der Waals surface area contributed by atoms with E-state index < -0.39 is 17.9 Å². The molecule has 0 atom stereocenters. The fourth-order valence-corrected chi connectivity index (χ4v) is 6.86. The number of nitrogens with one attached hydrogen (secondary N) is 4. The summed E-state index contributed by atoms with van der Waals surface area (Å²) in [6.45, 7) is 3.61. The van der Waals surface area contributed by atoms with Crippen molar-refractivity contribution in [3.05, 3.63) is 63.9 Å². The quantitative estimate of drug-likeness (QED) is 0.0546. The van der Waals surface area contributed by atoms with Gasteiger partial charge in [-0.3, -0.25) is 53.2 Å². The number of hydrogen-bond donors (Lipinski definition) is 7. The van der Waals surface area contributed by atoms with Crippen molar-refractivity contribution in [2.45, 2.75) is 64.5 Å². The van der Waals surface area contributed by atoms with Gasteiger partial charge in [0.05, 0.1) is 26.2 Å². The third kappa shape index (κ3) is 23.3. The number of nitrogens with zero attached hydrogens (tertiary/aromatic N) is 5. The molecule has 1 aromatic heterocycles. The second-order valence-corrected chi connectivity index (χ2v) is 16.1. The van der Waals surface area contributed by atoms with Crippen LogP contribution in [-0.2, 0) is 41.9 Å². The molecule has 62 heavy (non-hydrogen) atoms. The number of carbonyl (C=O) groups is 7. The highest BCUT2D eigenvalue weighted by Crippen LogP contribution is 2.09. The number of carboxylic acids is 3. The van der Waals surface area contributed by atoms with Gasteiger partial charge in [-0.15, -0.1) is 0 Å². The first-order valence-corrected chi connectivity index (χ1v) is 21.9. The van der Waals surface area contributed by atoms with Crippen LogP contribution in [0, 0.1) is 0 Å². The number of aliphatic carboxylic acids is 3. The van der Waals surface area contributed by atoms with Gasteiger partial charge in [-0.05, 0) is 70.9 Å². The maximum Gasteiger partial charge on any atom is 0.317 e. The number of carboxylic acid groups (broad SMARTS) is 3. The number of unbranched alkanes of at least 4 members (excludes halogenated alkanes) is 4. The van der Waals surface area contributed by atoms with E-state index in [1.54, 1.807) is 45.2 Å². The predicted octanol–water partition coefficient (Wildman–Crippen LogP) is 1.22. The smallest absolute Gasteiger partial charge is 0.317 e. The number of benzene rings is 1. The summed E-state index contributed by atoms with van der Waals surface area (Å²) in [7, 11) is 0. The molecule has 1 aliphatic rings. The minimum absolute atomic E-state index is 0.0438. The molecule has 0 saturated carbocycles. The number of rotatable bonds is 25. The minimum Gasteiger partial charge on any atom is -0.480 e. The number of aromatic nitrogens is 1. The Balaban J connectivity index is 1.24. The van der Waals surface area contributed by atoms with E-state index in [-0.39, 0.29) is 49.8 Å². The van der Waals surface area contributed by atoms with Crippen molar-refractivity contribution in [2.24, 2.45) is 0 Å². The van der Waals surface area contributed by atoms with E-state index in [9.17, 15) is 48.9 Å². The molecule has 0 radical (unpaired) electrons. The van der Waals surface area contributed by atoms with E-state index in [0.717, 1.165) is 35.0 Å². The third-order valence-electron chi connectivity index (χ3n) is 10.1. The minimum atomic E-state index is -1.02. The molecule has 0 aliphatic carbocycles. The van der Waals surface area contributed by atoms with Crippen LogP contribution in [0.2, 0.25) is 0 Å². The van der Waals surface area contributed by atoms with Gasteiger partial charge in [0.25, 0.3) is 5.91 Å². The Kier molecular flexibility index (Phi) is 24.3. The fraction of sp³-hybridized carbons (Fsp3) is 0.571. The van der Waals surface area contributed by atoms with E-state index in [4.69, 9.17) is 0 Å². The molecule has 1 fully saturated rings. The van der Waals surface area contributed by atoms with E-state index in [2.05, 4.69) is 42.2 Å². The summed E-state index contributed by atoms with van der Waals surface area (Å²) < 4.78 is 0.725. The molecule has 7 N–H and O–H groups in total. The molecule has 3 rings (SSSR count). The predicted molar refractivity (Wildman–Crippen MR) is 233 cm³/mol. The van der Waals surface area contributed by atoms with Crippen molar-refractivity contribution in [3.8, 4) is 0 Å². The molecular weight excluding hydrogens is 870 g/mol. The lowest BCUT2D eigenvalue weighted by Crippen LogP contribution is -2.49. The second kappa shape index (κ2) is 29.3. The second-order valence-electron chi connectivity index (χ2n) is 15.3. The Labute approximate surface area is 371 Å². The van der Waals surface area contributed by atoms with Gasteiger partial charge in [0.2, 0.25) is 17.7 Å². The summed E-state index contributed by atoms with van der Waals surface area (Å²) in [6.07, 6.45) is 6.80. The molecule has 0 spiro atoms. The SMILES string of the molecule is O=C(O)CN1CCN(CC(=O)O)CCN(CC(=O)NCCCCCCC(=O)NCCCCC(=O)NCc2ccc(C(=O)NCc3ccc(Br)nc3)cc2)CCN(CC(=O)O)CC1. The maximum absolute atomic E-state index is 12.9. The first kappa shape index (κ1) is 51.3. The van der Waals surface area contributed by atoms with Crippen molar-refractivity contribution in [2.75, 3.05) is 91.6 Å². The third-order valence-corrected chi connectivity index (χ3v) is 10.6. The Morgan fingerprint density at radius 1 is 0.500 bits per heavy atom. The van der Waals surface area contributed by atoms with Gasteiger partial charge < -0.3 is 36.6 Å². The van der Waals surface area contributed by atoms with Crippen LogP contribution in [0.25, 0.3) is 0 Å². The van der Waals surface area contributed by atoms with Crippen LogP contribution in [0.1, 0.15) is 72.9 Å². The molecule has 1 saturated heterocycles. The van der Waals surface area contributed by atoms with E-state index >= 15 is 0 Å². The Morgan fingerprint density at radius 3 is 1.42 bits per heavy atom. The zero-order valence-electron chi connectivity index (χ0n) is 35.3. The van der Waals surface area contributed by atoms with Gasteiger partial charge in [-0.25, -0.2) is 4.98 Å². The summed E-state index contributed by atoms with van der Waals surface area (Å²) in [4.78, 5) is 95.5. The van der Waals surface area contributed by atoms with Gasteiger partial charge in [0, 0.05) is 103 Å². The monoisotopic (exact) mass is 931 g/mol. The van der Waals surface area contributed by atoms with E-state index in [1.807, 2.05) is 17.0 Å². The summed E-state index contributed by atoms with van der Waals surface area (Å²) in [6, 6.07) is 10.7. The van der Waals surface area contributed by atoms with Crippen LogP contribution in [0.4, 0.5) is 0 Å². The lowest BCUT2D eigenvalue weighted by atomic mass is 10.1. The molecule has 20 heteroatoms. The molecule has 0 unspecified atom stereocenters. The van der Waals surface area contributed by atoms with Gasteiger partial charge >= 0.3 is 17.9 Å². The normalized spacial score (nSPS) is 14.8. The van der Waals surface area contributed by atoms with Crippen molar-refractivity contribution in [3.63, 3.8) is 0 Å². The summed E-state index contributed by atoms with van der Waals surface area (Å²) in [5.74, 6) is -3.58. The average Bonchev–Trinajstić information content (AvgIpc) is 3.22. The molecule has 342 valence electrons. The van der Waals surface area contributed by atoms with Crippen molar-refractivity contribution in [1.82, 2.24) is 45.9 Å². The molecule has 4 amide bonds. The zero-order valence-corrected chi connectivity index (χ0v) is 36.9. The molecule has 1 aliphatic heterocycles. The Bertz CT molecular complexity index is 1700. The van der Waals surface area contributed by atoms with Crippen LogP contribution in [0.15, 0.2) is 47.2 Å². The number of hydrogen-bond acceptors (Lipinski definition) is 12. The van der Waals surface area contributed by atoms with E-state index in [0.29, 0.717) is 116 Å². The summed E-state index contributed by atoms with van der Waals surface area (Å²) in [5.41, 5.74) is 2.28. The van der Waals surface area contributed by atoms with Crippen LogP contribution in [-0.4, -0.2) is 173 Å². The molecule has 1 aromatic carbocycles. The highest BCUT2D eigenvalue weighted by molar-refractivity contribution is 9.10. The number of halogens is 1. The van der Waals surface area contributed by atoms with Crippen molar-refractivity contribution >= 4 is 57.5 Å². The van der Waals surface area contributed by atoms with Crippen LogP contribution in [0.5, 0.6) is 0 Å². The van der Waals surface area contributed by atoms with Crippen LogP contribution >= 0.6 is 15.9 Å². The highest BCUT2D eigenvalue weighted by atomic mass is 79.9. The Hall–Kier alpha value is -5.02. The van der Waals surface area contributed by atoms with Gasteiger partial charge in [-0.2, -0.15) is 0 Å². The Morgan fingerprint density at radius 2 is 0.919 bits per heavy atom. The van der Waals surface area contributed by atoms with Crippen molar-refractivity contribution in [1.29, 1.82) is 0 Å². The number of amides is 4.